The quantitative estimate of drug-likeness (QED) is 0.367. The van der Waals surface area contributed by atoms with Crippen molar-refractivity contribution in [1.82, 2.24) is 16.0 Å². The smallest absolute Gasteiger partial charge is 0.247 e. The van der Waals surface area contributed by atoms with Crippen LogP contribution in [0.4, 0.5) is 4.39 Å². The summed E-state index contributed by atoms with van der Waals surface area (Å²) < 4.78 is 19.5. The standard InChI is InChI=1S/C26H41ClFN3O4S/c27-18-7-6-17(12-19(18)28)35-15-22(33)30-26-10-8-25(9-11-26,13-21(26)32)31-23(34)24-29-14-20(36-24)16-4-2-1-3-5-16/h16-21,24,29,32H,1-15H2,(H,30,33)(H,31,34)/t17?,18?,19?,20?,21-,24?,25?,26?/m0/s1. The van der Waals surface area contributed by atoms with E-state index in [9.17, 15) is 19.1 Å². The van der Waals surface area contributed by atoms with E-state index in [1.54, 1.807) is 11.8 Å². The van der Waals surface area contributed by atoms with Gasteiger partial charge in [-0.05, 0) is 63.7 Å². The van der Waals surface area contributed by atoms with Crippen molar-refractivity contribution >= 4 is 35.2 Å². The molecule has 36 heavy (non-hydrogen) atoms. The van der Waals surface area contributed by atoms with E-state index in [4.69, 9.17) is 16.3 Å². The minimum atomic E-state index is -1.11. The Morgan fingerprint density at radius 1 is 1.08 bits per heavy atom. The van der Waals surface area contributed by atoms with Gasteiger partial charge in [0, 0.05) is 23.8 Å². The number of hydrogen-bond donors (Lipinski definition) is 4. The van der Waals surface area contributed by atoms with Crippen molar-refractivity contribution < 1.29 is 23.8 Å². The lowest BCUT2D eigenvalue weighted by Gasteiger charge is -2.56. The molecule has 2 bridgehead atoms. The minimum Gasteiger partial charge on any atom is -0.391 e. The summed E-state index contributed by atoms with van der Waals surface area (Å²) in [5.74, 6) is 0.451. The van der Waals surface area contributed by atoms with E-state index >= 15 is 0 Å². The Bertz CT molecular complexity index is 808. The number of amides is 2. The largest absolute Gasteiger partial charge is 0.391 e. The molecule has 1 heterocycles. The minimum absolute atomic E-state index is 0.0233. The van der Waals surface area contributed by atoms with Crippen LogP contribution in [0.25, 0.3) is 0 Å². The van der Waals surface area contributed by atoms with E-state index < -0.39 is 28.7 Å². The average Bonchev–Trinajstić information content (AvgIpc) is 3.37. The highest BCUT2D eigenvalue weighted by molar-refractivity contribution is 8.01. The summed E-state index contributed by atoms with van der Waals surface area (Å²) in [6.45, 7) is 0.743. The topological polar surface area (TPSA) is 99.7 Å². The Hall–Kier alpha value is -0.610. The second-order valence-electron chi connectivity index (χ2n) is 11.8. The molecule has 0 aromatic carbocycles. The Kier molecular flexibility index (Phi) is 8.43. The monoisotopic (exact) mass is 545 g/mol. The molecule has 0 aromatic heterocycles. The molecule has 7 nitrogen and oxygen atoms in total. The van der Waals surface area contributed by atoms with Crippen LogP contribution in [0.3, 0.4) is 0 Å². The predicted molar refractivity (Wildman–Crippen MR) is 139 cm³/mol. The fourth-order valence-electron chi connectivity index (χ4n) is 7.12. The van der Waals surface area contributed by atoms with Gasteiger partial charge in [-0.2, -0.15) is 0 Å². The molecule has 1 saturated heterocycles. The third-order valence-corrected chi connectivity index (χ3v) is 11.5. The lowest BCUT2D eigenvalue weighted by molar-refractivity contribution is -0.140. The lowest BCUT2D eigenvalue weighted by Crippen LogP contribution is -2.71. The van der Waals surface area contributed by atoms with Gasteiger partial charge >= 0.3 is 0 Å². The molecular weight excluding hydrogens is 505 g/mol. The van der Waals surface area contributed by atoms with E-state index in [2.05, 4.69) is 16.0 Å². The maximum absolute atomic E-state index is 13.8. The highest BCUT2D eigenvalue weighted by Gasteiger charge is 2.55. The summed E-state index contributed by atoms with van der Waals surface area (Å²) in [7, 11) is 0. The van der Waals surface area contributed by atoms with Crippen LogP contribution in [-0.4, -0.2) is 75.5 Å². The molecule has 6 aliphatic rings. The summed E-state index contributed by atoms with van der Waals surface area (Å²) in [4.78, 5) is 25.8. The number of rotatable bonds is 7. The number of aliphatic hydroxyl groups is 1. The maximum atomic E-state index is 13.8. The number of carbonyl (C=O) groups is 2. The molecule has 5 aliphatic carbocycles. The molecule has 6 atom stereocenters. The number of halogens is 2. The van der Waals surface area contributed by atoms with Crippen LogP contribution < -0.4 is 16.0 Å². The highest BCUT2D eigenvalue weighted by atomic mass is 35.5. The molecule has 5 unspecified atom stereocenters. The van der Waals surface area contributed by atoms with E-state index in [0.717, 1.165) is 19.4 Å². The maximum Gasteiger partial charge on any atom is 0.247 e. The van der Waals surface area contributed by atoms with Gasteiger partial charge in [0.2, 0.25) is 11.8 Å². The van der Waals surface area contributed by atoms with Crippen LogP contribution in [0, 0.1) is 5.92 Å². The Morgan fingerprint density at radius 2 is 1.83 bits per heavy atom. The van der Waals surface area contributed by atoms with E-state index in [-0.39, 0.29) is 36.3 Å². The van der Waals surface area contributed by atoms with Crippen molar-refractivity contribution in [1.29, 1.82) is 0 Å². The van der Waals surface area contributed by atoms with Crippen molar-refractivity contribution in [2.45, 2.75) is 129 Å². The summed E-state index contributed by atoms with van der Waals surface area (Å²) in [5.41, 5.74) is -1.10. The molecule has 0 spiro atoms. The number of nitrogens with one attached hydrogen (secondary N) is 3. The number of thioether (sulfide) groups is 1. The Labute approximate surface area is 222 Å². The van der Waals surface area contributed by atoms with Crippen LogP contribution in [0.2, 0.25) is 0 Å². The third-order valence-electron chi connectivity index (χ3n) is 9.42. The fourth-order valence-corrected chi connectivity index (χ4v) is 8.76. The van der Waals surface area contributed by atoms with Crippen LogP contribution >= 0.6 is 23.4 Å². The molecule has 4 N–H and O–H groups in total. The summed E-state index contributed by atoms with van der Waals surface area (Å²) >= 11 is 7.71. The highest BCUT2D eigenvalue weighted by Crippen LogP contribution is 2.47. The van der Waals surface area contributed by atoms with Gasteiger partial charge in [-0.25, -0.2) is 4.39 Å². The van der Waals surface area contributed by atoms with Crippen LogP contribution in [0.5, 0.6) is 0 Å². The first-order valence-electron chi connectivity index (χ1n) is 13.9. The van der Waals surface area contributed by atoms with Gasteiger partial charge in [-0.1, -0.05) is 19.3 Å². The first kappa shape index (κ1) is 27.0. The fraction of sp³-hybridized carbons (Fsp3) is 0.923. The zero-order chi connectivity index (χ0) is 25.3. The Morgan fingerprint density at radius 3 is 2.53 bits per heavy atom. The van der Waals surface area contributed by atoms with Gasteiger partial charge in [0.25, 0.3) is 0 Å². The number of alkyl halides is 2. The van der Waals surface area contributed by atoms with E-state index in [1.165, 1.54) is 32.1 Å². The predicted octanol–water partition coefficient (Wildman–Crippen LogP) is 3.16. The molecule has 204 valence electrons. The molecule has 6 fully saturated rings. The van der Waals surface area contributed by atoms with Gasteiger partial charge in [0.05, 0.1) is 23.1 Å². The second-order valence-corrected chi connectivity index (χ2v) is 13.7. The van der Waals surface area contributed by atoms with E-state index in [1.807, 2.05) is 0 Å². The number of ether oxygens (including phenoxy) is 1. The van der Waals surface area contributed by atoms with Gasteiger partial charge in [0.15, 0.2) is 0 Å². The SMILES string of the molecule is O=C(COC1CCC(Cl)C(F)C1)NC12CCC(NC(=O)C3NCC(C4CCCCC4)S3)(CC1)C[C@@H]2O. The molecular formula is C26H41ClFN3O4S. The number of aliphatic hydroxyl groups excluding tert-OH is 1. The molecule has 2 amide bonds. The number of carbonyl (C=O) groups excluding carboxylic acids is 2. The van der Waals surface area contributed by atoms with Crippen LogP contribution in [0.1, 0.15) is 83.5 Å². The van der Waals surface area contributed by atoms with Crippen molar-refractivity contribution in [3.05, 3.63) is 0 Å². The van der Waals surface area contributed by atoms with Gasteiger partial charge < -0.3 is 20.5 Å². The van der Waals surface area contributed by atoms with E-state index in [0.29, 0.717) is 43.3 Å². The van der Waals surface area contributed by atoms with Gasteiger partial charge in [0.1, 0.15) is 18.2 Å². The normalized spacial score (nSPS) is 43.3. The van der Waals surface area contributed by atoms with Crippen molar-refractivity contribution in [2.24, 2.45) is 5.92 Å². The second kappa shape index (κ2) is 11.2. The zero-order valence-electron chi connectivity index (χ0n) is 21.0. The van der Waals surface area contributed by atoms with Crippen LogP contribution in [0.15, 0.2) is 0 Å². The van der Waals surface area contributed by atoms with Gasteiger partial charge in [-0.15, -0.1) is 23.4 Å². The summed E-state index contributed by atoms with van der Waals surface area (Å²) in [6, 6.07) is 0. The van der Waals surface area contributed by atoms with Crippen LogP contribution in [-0.2, 0) is 14.3 Å². The number of fused-ring (bicyclic) bond motifs is 3. The van der Waals surface area contributed by atoms with Crippen molar-refractivity contribution in [2.75, 3.05) is 13.2 Å². The first-order valence-corrected chi connectivity index (χ1v) is 15.3. The summed E-state index contributed by atoms with van der Waals surface area (Å²) in [6.07, 6.45) is 8.86. The van der Waals surface area contributed by atoms with Crippen molar-refractivity contribution in [3.8, 4) is 0 Å². The number of hydrogen-bond acceptors (Lipinski definition) is 6. The Balaban J connectivity index is 1.08. The third kappa shape index (κ3) is 5.85. The van der Waals surface area contributed by atoms with Crippen molar-refractivity contribution in [3.63, 3.8) is 0 Å². The first-order chi connectivity index (χ1) is 17.3. The molecule has 0 radical (unpaired) electrons. The average molecular weight is 546 g/mol. The lowest BCUT2D eigenvalue weighted by atomic mass is 9.60. The molecule has 10 heteroatoms. The zero-order valence-corrected chi connectivity index (χ0v) is 22.6. The summed E-state index contributed by atoms with van der Waals surface area (Å²) in [5, 5.41) is 20.6. The molecule has 1 aliphatic heterocycles. The van der Waals surface area contributed by atoms with Gasteiger partial charge in [-0.3, -0.25) is 14.9 Å². The molecule has 5 saturated carbocycles. The molecule has 0 aromatic rings. The molecule has 6 rings (SSSR count).